The van der Waals surface area contributed by atoms with Gasteiger partial charge in [0.25, 0.3) is 5.69 Å². The molecule has 1 saturated carbocycles. The van der Waals surface area contributed by atoms with Gasteiger partial charge in [0, 0.05) is 48.7 Å². The minimum absolute atomic E-state index is 0.0256. The lowest BCUT2D eigenvalue weighted by Gasteiger charge is -2.36. The van der Waals surface area contributed by atoms with E-state index in [2.05, 4.69) is 10.2 Å². The minimum Gasteiger partial charge on any atom is -0.382 e. The molecule has 2 heterocycles. The Hall–Kier alpha value is -3.45. The number of carbonyl (C=O) groups excluding carboxylic acids is 1. The molecule has 2 fully saturated rings. The van der Waals surface area contributed by atoms with E-state index < -0.39 is 22.4 Å². The van der Waals surface area contributed by atoms with Crippen LogP contribution in [0.15, 0.2) is 42.5 Å². The summed E-state index contributed by atoms with van der Waals surface area (Å²) in [5.74, 6) is -0.343. The number of halogens is 4. The molecule has 0 atom stereocenters. The molecule has 1 aliphatic carbocycles. The molecule has 13 heteroatoms. The van der Waals surface area contributed by atoms with E-state index in [0.29, 0.717) is 51.9 Å². The van der Waals surface area contributed by atoms with Crippen molar-refractivity contribution in [1.82, 2.24) is 4.90 Å². The zero-order valence-electron chi connectivity index (χ0n) is 21.5. The molecule has 5 rings (SSSR count). The monoisotopic (exact) mass is 580 g/mol. The lowest BCUT2D eigenvalue weighted by atomic mass is 9.92. The number of anilines is 2. The third-order valence-corrected chi connectivity index (χ3v) is 8.57. The van der Waals surface area contributed by atoms with Crippen LogP contribution < -0.4 is 10.2 Å². The molecule has 3 aromatic rings. The number of nitrogens with zero attached hydrogens (tertiary/aromatic N) is 3. The summed E-state index contributed by atoms with van der Waals surface area (Å²) in [7, 11) is 0. The molecular formula is C27H28F4N4O4S. The summed E-state index contributed by atoms with van der Waals surface area (Å²) in [5, 5.41) is 15.9. The largest absolute Gasteiger partial charge is 0.423 e. The smallest absolute Gasteiger partial charge is 0.382 e. The van der Waals surface area contributed by atoms with Crippen LogP contribution in [-0.2, 0) is 15.7 Å². The van der Waals surface area contributed by atoms with Crippen LogP contribution in [0.5, 0.6) is 0 Å². The number of hydrogen-bond donors (Lipinski definition) is 1. The van der Waals surface area contributed by atoms with E-state index >= 15 is 0 Å². The highest BCUT2D eigenvalue weighted by Gasteiger charge is 2.38. The Morgan fingerprint density at radius 3 is 2.45 bits per heavy atom. The molecule has 1 aliphatic heterocycles. The van der Waals surface area contributed by atoms with Gasteiger partial charge in [0.05, 0.1) is 16.0 Å². The molecule has 1 amide bonds. The molecule has 1 saturated heterocycles. The number of amides is 1. The van der Waals surface area contributed by atoms with Gasteiger partial charge in [-0.05, 0) is 67.5 Å². The molecule has 1 aromatic heterocycles. The molecule has 0 bridgehead atoms. The number of benzene rings is 2. The zero-order chi connectivity index (χ0) is 28.4. The van der Waals surface area contributed by atoms with Crippen molar-refractivity contribution in [1.29, 1.82) is 0 Å². The Morgan fingerprint density at radius 1 is 1.05 bits per heavy atom. The molecule has 40 heavy (non-hydrogen) atoms. The predicted octanol–water partition coefficient (Wildman–Crippen LogP) is 6.06. The van der Waals surface area contributed by atoms with Crippen LogP contribution in [0, 0.1) is 15.9 Å². The average Bonchev–Trinajstić information content (AvgIpc) is 3.35. The summed E-state index contributed by atoms with van der Waals surface area (Å²) in [6.45, 7) is 2.46. The molecule has 0 unspecified atom stereocenters. The third kappa shape index (κ3) is 6.47. The van der Waals surface area contributed by atoms with E-state index in [-0.39, 0.29) is 36.2 Å². The first-order valence-corrected chi connectivity index (χ1v) is 13.8. The fourth-order valence-electron chi connectivity index (χ4n) is 5.23. The third-order valence-electron chi connectivity index (χ3n) is 7.40. The molecule has 1 N–H and O–H groups in total. The topological polar surface area (TPSA) is 87.9 Å². The number of piperazine rings is 1. The Labute approximate surface area is 231 Å². The average molecular weight is 581 g/mol. The van der Waals surface area contributed by atoms with Crippen LogP contribution in [0.25, 0.3) is 10.1 Å². The highest BCUT2D eigenvalue weighted by molar-refractivity contribution is 7.22. The van der Waals surface area contributed by atoms with Gasteiger partial charge < -0.3 is 19.9 Å². The standard InChI is InChI=1S/C27H28F4N4O4S/c28-18-1-8-24-17(13-18)14-26(40-24)34-11-9-33(10-12-34)25(36)16-39-21-5-2-19(3-6-21)32-20-4-7-23(35(37)38)22(15-20)27(29,30)31/h1,4,7-8,13-15,19,21,32H,2-3,5-6,9-12,16H2/t19-,21-. The number of hydrogen-bond acceptors (Lipinski definition) is 7. The van der Waals surface area contributed by atoms with Gasteiger partial charge in [-0.1, -0.05) is 0 Å². The summed E-state index contributed by atoms with van der Waals surface area (Å²) in [6, 6.07) is 9.56. The maximum absolute atomic E-state index is 13.5. The quantitative estimate of drug-likeness (QED) is 0.208. The van der Waals surface area contributed by atoms with Gasteiger partial charge in [-0.25, -0.2) is 4.39 Å². The van der Waals surface area contributed by atoms with Crippen LogP contribution in [0.1, 0.15) is 31.2 Å². The molecule has 214 valence electrons. The highest BCUT2D eigenvalue weighted by atomic mass is 32.1. The van der Waals surface area contributed by atoms with E-state index in [9.17, 15) is 32.5 Å². The first-order valence-electron chi connectivity index (χ1n) is 13.0. The van der Waals surface area contributed by atoms with E-state index in [1.165, 1.54) is 18.2 Å². The first-order chi connectivity index (χ1) is 19.1. The first kappa shape index (κ1) is 28.1. The van der Waals surface area contributed by atoms with Crippen LogP contribution in [0.3, 0.4) is 0 Å². The van der Waals surface area contributed by atoms with Crippen molar-refractivity contribution in [2.24, 2.45) is 0 Å². The van der Waals surface area contributed by atoms with E-state index in [0.717, 1.165) is 27.2 Å². The second-order valence-electron chi connectivity index (χ2n) is 10.1. The highest BCUT2D eigenvalue weighted by Crippen LogP contribution is 2.38. The molecular weight excluding hydrogens is 552 g/mol. The summed E-state index contributed by atoms with van der Waals surface area (Å²) in [6.07, 6.45) is -2.40. The Balaban J connectivity index is 1.05. The maximum atomic E-state index is 13.5. The van der Waals surface area contributed by atoms with Gasteiger partial charge in [0.15, 0.2) is 0 Å². The normalized spacial score (nSPS) is 20.1. The second-order valence-corrected chi connectivity index (χ2v) is 11.1. The fraction of sp³-hybridized carbons (Fsp3) is 0.444. The minimum atomic E-state index is -4.83. The van der Waals surface area contributed by atoms with Crippen molar-refractivity contribution < 1.29 is 32.0 Å². The van der Waals surface area contributed by atoms with E-state index in [1.54, 1.807) is 22.3 Å². The Kier molecular flexibility index (Phi) is 8.13. The van der Waals surface area contributed by atoms with Crippen molar-refractivity contribution >= 4 is 43.7 Å². The van der Waals surface area contributed by atoms with Gasteiger partial charge >= 0.3 is 6.18 Å². The van der Waals surface area contributed by atoms with Crippen molar-refractivity contribution in [2.75, 3.05) is 43.0 Å². The Morgan fingerprint density at radius 2 is 1.77 bits per heavy atom. The van der Waals surface area contributed by atoms with E-state index in [4.69, 9.17) is 4.74 Å². The van der Waals surface area contributed by atoms with Gasteiger partial charge in [0.1, 0.15) is 18.0 Å². The maximum Gasteiger partial charge on any atom is 0.423 e. The summed E-state index contributed by atoms with van der Waals surface area (Å²) < 4.78 is 60.2. The number of nitrogens with one attached hydrogen (secondary N) is 1. The summed E-state index contributed by atoms with van der Waals surface area (Å²) in [5.41, 5.74) is -2.07. The van der Waals surface area contributed by atoms with Crippen molar-refractivity contribution in [2.45, 2.75) is 44.0 Å². The number of nitro groups is 1. The van der Waals surface area contributed by atoms with Gasteiger partial charge in [0.2, 0.25) is 5.91 Å². The molecule has 0 spiro atoms. The van der Waals surface area contributed by atoms with Crippen molar-refractivity contribution in [3.63, 3.8) is 0 Å². The number of alkyl halides is 3. The zero-order valence-corrected chi connectivity index (χ0v) is 22.3. The molecule has 2 aliphatic rings. The summed E-state index contributed by atoms with van der Waals surface area (Å²) in [4.78, 5) is 26.7. The SMILES string of the molecule is O=C(CO[C@H]1CC[C@H](Nc2ccc([N+](=O)[O-])c(C(F)(F)F)c2)CC1)N1CCN(c2cc3cc(F)ccc3s2)CC1. The van der Waals surface area contributed by atoms with Crippen LogP contribution in [0.2, 0.25) is 0 Å². The van der Waals surface area contributed by atoms with Gasteiger partial charge in [-0.2, -0.15) is 13.2 Å². The van der Waals surface area contributed by atoms with Crippen LogP contribution in [0.4, 0.5) is 33.9 Å². The number of ether oxygens (including phenoxy) is 1. The molecule has 0 radical (unpaired) electrons. The second kappa shape index (κ2) is 11.6. The van der Waals surface area contributed by atoms with Crippen molar-refractivity contribution in [3.05, 3.63) is 64.0 Å². The van der Waals surface area contributed by atoms with Gasteiger partial charge in [-0.3, -0.25) is 14.9 Å². The van der Waals surface area contributed by atoms with E-state index in [1.807, 2.05) is 6.07 Å². The number of carbonyl (C=O) groups is 1. The lowest BCUT2D eigenvalue weighted by Crippen LogP contribution is -2.49. The predicted molar refractivity (Wildman–Crippen MR) is 144 cm³/mol. The van der Waals surface area contributed by atoms with Gasteiger partial charge in [-0.15, -0.1) is 11.3 Å². The van der Waals surface area contributed by atoms with Crippen molar-refractivity contribution in [3.8, 4) is 0 Å². The number of thiophene rings is 1. The molecule has 8 nitrogen and oxygen atoms in total. The number of rotatable bonds is 7. The number of fused-ring (bicyclic) bond motifs is 1. The van der Waals surface area contributed by atoms with Crippen LogP contribution in [-0.4, -0.2) is 60.7 Å². The summed E-state index contributed by atoms with van der Waals surface area (Å²) >= 11 is 1.60. The van der Waals surface area contributed by atoms with Crippen LogP contribution >= 0.6 is 11.3 Å². The number of nitro benzene ring substituents is 1. The fourth-order valence-corrected chi connectivity index (χ4v) is 6.33. The Bertz CT molecular complexity index is 1380. The lowest BCUT2D eigenvalue weighted by molar-refractivity contribution is -0.388. The molecule has 2 aromatic carbocycles.